The monoisotopic (exact) mass is 316 g/mol. The van der Waals surface area contributed by atoms with E-state index in [9.17, 15) is 4.79 Å². The molecule has 3 rings (SSSR count). The Morgan fingerprint density at radius 1 is 1.48 bits per heavy atom. The third-order valence-electron chi connectivity index (χ3n) is 5.85. The molecule has 126 valence electrons. The number of nitrogens with zero attached hydrogens (tertiary/aromatic N) is 2. The van der Waals surface area contributed by atoms with Gasteiger partial charge in [-0.2, -0.15) is 0 Å². The first kappa shape index (κ1) is 16.3. The summed E-state index contributed by atoms with van der Waals surface area (Å²) in [4.78, 5) is 19.5. The number of amides is 1. The van der Waals surface area contributed by atoms with Crippen molar-refractivity contribution in [2.24, 2.45) is 16.3 Å². The van der Waals surface area contributed by atoms with Crippen LogP contribution in [-0.4, -0.2) is 43.3 Å². The van der Waals surface area contributed by atoms with Crippen molar-refractivity contribution < 1.29 is 9.53 Å². The summed E-state index contributed by atoms with van der Waals surface area (Å²) >= 11 is 0. The first-order valence-corrected chi connectivity index (χ1v) is 8.90. The Morgan fingerprint density at radius 3 is 2.78 bits per heavy atom. The van der Waals surface area contributed by atoms with E-state index in [1.165, 1.54) is 12.8 Å². The van der Waals surface area contributed by atoms with Crippen molar-refractivity contribution in [3.05, 3.63) is 23.5 Å². The van der Waals surface area contributed by atoms with Crippen LogP contribution in [0.5, 0.6) is 0 Å². The largest absolute Gasteiger partial charge is 0.496 e. The van der Waals surface area contributed by atoms with E-state index in [-0.39, 0.29) is 5.91 Å². The van der Waals surface area contributed by atoms with Crippen LogP contribution in [0.1, 0.15) is 46.0 Å². The summed E-state index contributed by atoms with van der Waals surface area (Å²) < 4.78 is 5.42. The molecule has 3 aliphatic rings. The van der Waals surface area contributed by atoms with Crippen molar-refractivity contribution in [3.63, 3.8) is 0 Å². The minimum Gasteiger partial charge on any atom is -0.496 e. The Labute approximate surface area is 139 Å². The van der Waals surface area contributed by atoms with E-state index in [2.05, 4.69) is 18.0 Å². The lowest BCUT2D eigenvalue weighted by Crippen LogP contribution is -2.44. The van der Waals surface area contributed by atoms with E-state index in [0.717, 1.165) is 49.6 Å². The molecule has 0 N–H and O–H groups in total. The maximum absolute atomic E-state index is 13.0. The maximum atomic E-state index is 13.0. The number of rotatable bonds is 4. The summed E-state index contributed by atoms with van der Waals surface area (Å²) in [5.74, 6) is 1.72. The first-order chi connectivity index (χ1) is 11.1. The fourth-order valence-corrected chi connectivity index (χ4v) is 4.28. The summed E-state index contributed by atoms with van der Waals surface area (Å²) in [6, 6.07) is 0. The Hall–Kier alpha value is -1.58. The van der Waals surface area contributed by atoms with Crippen LogP contribution in [-0.2, 0) is 9.53 Å². The first-order valence-electron chi connectivity index (χ1n) is 8.90. The Balaban J connectivity index is 1.68. The van der Waals surface area contributed by atoms with Gasteiger partial charge in [0.2, 0.25) is 0 Å². The number of carbonyl (C=O) groups excluding carboxylic acids is 1. The molecule has 0 aromatic rings. The van der Waals surface area contributed by atoms with Crippen molar-refractivity contribution in [1.82, 2.24) is 4.90 Å². The van der Waals surface area contributed by atoms with Crippen molar-refractivity contribution in [2.75, 3.05) is 26.7 Å². The molecular formula is C19H28N2O2. The molecule has 1 amide bonds. The van der Waals surface area contributed by atoms with Gasteiger partial charge in [-0.05, 0) is 50.0 Å². The molecule has 1 saturated carbocycles. The van der Waals surface area contributed by atoms with Gasteiger partial charge in [-0.25, -0.2) is 0 Å². The van der Waals surface area contributed by atoms with E-state index < -0.39 is 0 Å². The van der Waals surface area contributed by atoms with Gasteiger partial charge in [0.15, 0.2) is 0 Å². The fourth-order valence-electron chi connectivity index (χ4n) is 4.28. The molecule has 1 atom stereocenters. The molecule has 4 heteroatoms. The number of hydrogen-bond donors (Lipinski definition) is 0. The SMILES string of the molecule is CC=C(OC)C1=CCCN=C1C(=O)N1CCC2(CC1)CC2CC. The molecule has 2 heterocycles. The molecular weight excluding hydrogens is 288 g/mol. The summed E-state index contributed by atoms with van der Waals surface area (Å²) in [5, 5.41) is 0. The normalized spacial score (nSPS) is 26.7. The lowest BCUT2D eigenvalue weighted by Gasteiger charge is -2.34. The van der Waals surface area contributed by atoms with Crippen LogP contribution in [0.15, 0.2) is 28.5 Å². The molecule has 0 radical (unpaired) electrons. The van der Waals surface area contributed by atoms with Gasteiger partial charge in [0, 0.05) is 25.2 Å². The lowest BCUT2D eigenvalue weighted by molar-refractivity contribution is -0.125. The van der Waals surface area contributed by atoms with Crippen LogP contribution < -0.4 is 0 Å². The molecule has 1 spiro atoms. The topological polar surface area (TPSA) is 41.9 Å². The predicted molar refractivity (Wildman–Crippen MR) is 92.4 cm³/mol. The third-order valence-corrected chi connectivity index (χ3v) is 5.85. The second-order valence-corrected chi connectivity index (χ2v) is 6.96. The number of methoxy groups -OCH3 is 1. The lowest BCUT2D eigenvalue weighted by atomic mass is 9.89. The highest BCUT2D eigenvalue weighted by molar-refractivity contribution is 6.46. The van der Waals surface area contributed by atoms with Gasteiger partial charge in [-0.1, -0.05) is 19.4 Å². The predicted octanol–water partition coefficient (Wildman–Crippen LogP) is 3.35. The molecule has 1 saturated heterocycles. The molecule has 1 unspecified atom stereocenters. The molecule has 0 aromatic carbocycles. The minimum atomic E-state index is 0.0795. The zero-order valence-electron chi connectivity index (χ0n) is 14.6. The number of aliphatic imine (C=N–C) groups is 1. The average molecular weight is 316 g/mol. The van der Waals surface area contributed by atoms with E-state index >= 15 is 0 Å². The molecule has 1 aliphatic carbocycles. The zero-order chi connectivity index (χ0) is 16.4. The van der Waals surface area contributed by atoms with Gasteiger partial charge in [0.05, 0.1) is 7.11 Å². The Morgan fingerprint density at radius 2 is 2.22 bits per heavy atom. The highest BCUT2D eigenvalue weighted by atomic mass is 16.5. The van der Waals surface area contributed by atoms with E-state index in [0.29, 0.717) is 17.7 Å². The number of piperidine rings is 1. The number of likely N-dealkylation sites (tertiary alicyclic amines) is 1. The molecule has 23 heavy (non-hydrogen) atoms. The summed E-state index contributed by atoms with van der Waals surface area (Å²) in [7, 11) is 1.65. The van der Waals surface area contributed by atoms with Crippen molar-refractivity contribution in [3.8, 4) is 0 Å². The minimum absolute atomic E-state index is 0.0795. The van der Waals surface area contributed by atoms with Crippen LogP contribution in [0.2, 0.25) is 0 Å². The quantitative estimate of drug-likeness (QED) is 0.746. The van der Waals surface area contributed by atoms with Crippen molar-refractivity contribution in [1.29, 1.82) is 0 Å². The number of carbonyl (C=O) groups is 1. The Bertz CT molecular complexity index is 566. The van der Waals surface area contributed by atoms with E-state index in [1.807, 2.05) is 17.9 Å². The number of allylic oxidation sites excluding steroid dienone is 2. The van der Waals surface area contributed by atoms with E-state index in [1.54, 1.807) is 7.11 Å². The van der Waals surface area contributed by atoms with Crippen LogP contribution in [0, 0.1) is 11.3 Å². The molecule has 2 aliphatic heterocycles. The van der Waals surface area contributed by atoms with Gasteiger partial charge in [-0.3, -0.25) is 9.79 Å². The van der Waals surface area contributed by atoms with Crippen molar-refractivity contribution >= 4 is 11.6 Å². The standard InChI is InChI=1S/C19H28N2O2/c1-4-14-13-19(14)8-11-21(12-9-19)18(22)17-15(7-6-10-20-17)16(5-2)23-3/h5,7,14H,4,6,8-13H2,1-3H3. The molecule has 0 aromatic heterocycles. The average Bonchev–Trinajstić information content (AvgIpc) is 3.29. The van der Waals surface area contributed by atoms with Gasteiger partial charge in [-0.15, -0.1) is 0 Å². The second-order valence-electron chi connectivity index (χ2n) is 6.96. The van der Waals surface area contributed by atoms with Gasteiger partial charge in [0.25, 0.3) is 5.91 Å². The third kappa shape index (κ3) is 2.96. The summed E-state index contributed by atoms with van der Waals surface area (Å²) in [6.45, 7) is 6.66. The zero-order valence-corrected chi connectivity index (χ0v) is 14.6. The van der Waals surface area contributed by atoms with Gasteiger partial charge < -0.3 is 9.64 Å². The molecule has 2 fully saturated rings. The number of hydrogen-bond acceptors (Lipinski definition) is 3. The fraction of sp³-hybridized carbons (Fsp3) is 0.684. The van der Waals surface area contributed by atoms with Crippen LogP contribution in [0.3, 0.4) is 0 Å². The second kappa shape index (κ2) is 6.50. The van der Waals surface area contributed by atoms with Crippen molar-refractivity contribution in [2.45, 2.75) is 46.0 Å². The maximum Gasteiger partial charge on any atom is 0.272 e. The van der Waals surface area contributed by atoms with E-state index in [4.69, 9.17) is 4.74 Å². The highest BCUT2D eigenvalue weighted by Crippen LogP contribution is 2.60. The number of ether oxygens (including phenoxy) is 1. The molecule has 0 bridgehead atoms. The van der Waals surface area contributed by atoms with Crippen LogP contribution in [0.4, 0.5) is 0 Å². The summed E-state index contributed by atoms with van der Waals surface area (Å²) in [6.07, 6.45) is 9.82. The highest BCUT2D eigenvalue weighted by Gasteiger charge is 2.53. The van der Waals surface area contributed by atoms with Gasteiger partial charge >= 0.3 is 0 Å². The smallest absolute Gasteiger partial charge is 0.272 e. The molecule has 4 nitrogen and oxygen atoms in total. The summed E-state index contributed by atoms with van der Waals surface area (Å²) in [5.41, 5.74) is 2.01. The van der Waals surface area contributed by atoms with Crippen LogP contribution >= 0.6 is 0 Å². The number of dihydropyridines is 1. The Kier molecular flexibility index (Phi) is 4.60. The van der Waals surface area contributed by atoms with Gasteiger partial charge in [0.1, 0.15) is 11.5 Å². The van der Waals surface area contributed by atoms with Crippen LogP contribution in [0.25, 0.3) is 0 Å².